The van der Waals surface area contributed by atoms with E-state index in [1.807, 2.05) is 12.1 Å². The van der Waals surface area contributed by atoms with Crippen molar-refractivity contribution in [2.75, 3.05) is 0 Å². The molecule has 0 saturated carbocycles. The van der Waals surface area contributed by atoms with Gasteiger partial charge in [-0.1, -0.05) is 60.3 Å². The first-order chi connectivity index (χ1) is 8.96. The van der Waals surface area contributed by atoms with E-state index in [1.165, 1.54) is 0 Å². The number of aromatic hydroxyl groups is 1. The molecule has 0 atom stereocenters. The van der Waals surface area contributed by atoms with E-state index in [4.69, 9.17) is 0 Å². The van der Waals surface area contributed by atoms with Crippen LogP contribution in [0.25, 0.3) is 0 Å². The van der Waals surface area contributed by atoms with E-state index in [0.29, 0.717) is 17.7 Å². The number of allylic oxidation sites excluding steroid dienone is 1. The molecule has 0 aliphatic heterocycles. The van der Waals surface area contributed by atoms with E-state index in [9.17, 15) is 9.90 Å². The molecule has 0 radical (unpaired) electrons. The molecular formula is C18H26O2. The normalized spacial score (nSPS) is 12.3. The molecule has 0 saturated heterocycles. The number of hydrogen-bond acceptors (Lipinski definition) is 2. The quantitative estimate of drug-likeness (QED) is 0.659. The third-order valence-electron chi connectivity index (χ3n) is 3.38. The molecule has 110 valence electrons. The SMILES string of the molecule is C=C(C=O)Cc1cc(C(C)(C)C)c(O)c(C(C)(C)C)c1. The zero-order valence-corrected chi connectivity index (χ0v) is 13.5. The highest BCUT2D eigenvalue weighted by molar-refractivity contribution is 5.73. The van der Waals surface area contributed by atoms with Crippen LogP contribution in [-0.4, -0.2) is 11.4 Å². The topological polar surface area (TPSA) is 37.3 Å². The number of benzene rings is 1. The number of aldehydes is 1. The van der Waals surface area contributed by atoms with Crippen LogP contribution in [0.5, 0.6) is 5.75 Å². The molecule has 1 aromatic carbocycles. The van der Waals surface area contributed by atoms with Gasteiger partial charge in [0, 0.05) is 6.42 Å². The lowest BCUT2D eigenvalue weighted by atomic mass is 9.78. The fourth-order valence-corrected chi connectivity index (χ4v) is 2.24. The number of rotatable bonds is 3. The maximum atomic E-state index is 10.8. The minimum Gasteiger partial charge on any atom is -0.507 e. The van der Waals surface area contributed by atoms with Crippen molar-refractivity contribution in [3.63, 3.8) is 0 Å². The van der Waals surface area contributed by atoms with Gasteiger partial charge in [-0.05, 0) is 33.1 Å². The molecule has 1 N–H and O–H groups in total. The van der Waals surface area contributed by atoms with Crippen LogP contribution in [0.2, 0.25) is 0 Å². The summed E-state index contributed by atoms with van der Waals surface area (Å²) in [6.07, 6.45) is 1.32. The molecule has 0 aliphatic carbocycles. The predicted molar refractivity (Wildman–Crippen MR) is 84.4 cm³/mol. The Hall–Kier alpha value is -1.57. The lowest BCUT2D eigenvalue weighted by molar-refractivity contribution is -0.104. The first-order valence-corrected chi connectivity index (χ1v) is 6.96. The molecule has 0 heterocycles. The summed E-state index contributed by atoms with van der Waals surface area (Å²) in [6.45, 7) is 16.2. The average Bonchev–Trinajstić information content (AvgIpc) is 2.28. The standard InChI is InChI=1S/C18H26O2/c1-12(11-19)8-13-9-14(17(2,3)4)16(20)15(10-13)18(5,6)7/h9-11,20H,1,8H2,2-7H3. The van der Waals surface area contributed by atoms with Gasteiger partial charge < -0.3 is 5.11 Å². The molecule has 1 rings (SSSR count). The van der Waals surface area contributed by atoms with Crippen molar-refractivity contribution in [2.24, 2.45) is 0 Å². The van der Waals surface area contributed by atoms with Gasteiger partial charge in [0.15, 0.2) is 0 Å². The van der Waals surface area contributed by atoms with Crippen molar-refractivity contribution in [1.82, 2.24) is 0 Å². The molecule has 20 heavy (non-hydrogen) atoms. The number of phenols is 1. The lowest BCUT2D eigenvalue weighted by Crippen LogP contribution is -2.18. The molecule has 0 unspecified atom stereocenters. The zero-order valence-electron chi connectivity index (χ0n) is 13.5. The monoisotopic (exact) mass is 274 g/mol. The van der Waals surface area contributed by atoms with Gasteiger partial charge in [-0.2, -0.15) is 0 Å². The summed E-state index contributed by atoms with van der Waals surface area (Å²) < 4.78 is 0. The second-order valence-corrected chi connectivity index (χ2v) is 7.49. The Morgan fingerprint density at radius 2 is 1.50 bits per heavy atom. The fourth-order valence-electron chi connectivity index (χ4n) is 2.24. The first kappa shape index (κ1) is 16.5. The molecule has 0 aliphatic rings. The third kappa shape index (κ3) is 3.72. The highest BCUT2D eigenvalue weighted by Gasteiger charge is 2.26. The molecule has 2 heteroatoms. The number of carbonyl (C=O) groups is 1. The van der Waals surface area contributed by atoms with Gasteiger partial charge in [-0.3, -0.25) is 4.79 Å². The van der Waals surface area contributed by atoms with E-state index >= 15 is 0 Å². The van der Waals surface area contributed by atoms with Crippen molar-refractivity contribution < 1.29 is 9.90 Å². The average molecular weight is 274 g/mol. The van der Waals surface area contributed by atoms with Crippen LogP contribution < -0.4 is 0 Å². The minimum atomic E-state index is -0.150. The van der Waals surface area contributed by atoms with Crippen molar-refractivity contribution in [3.05, 3.63) is 41.0 Å². The summed E-state index contributed by atoms with van der Waals surface area (Å²) in [6, 6.07) is 3.97. The predicted octanol–water partition coefficient (Wildman–Crippen LogP) is 4.28. The Labute approximate surface area is 122 Å². The van der Waals surface area contributed by atoms with Crippen molar-refractivity contribution in [2.45, 2.75) is 58.8 Å². The second-order valence-electron chi connectivity index (χ2n) is 7.49. The number of hydrogen-bond donors (Lipinski definition) is 1. The van der Waals surface area contributed by atoms with Gasteiger partial charge in [-0.25, -0.2) is 0 Å². The highest BCUT2D eigenvalue weighted by atomic mass is 16.3. The highest BCUT2D eigenvalue weighted by Crippen LogP contribution is 2.40. The van der Waals surface area contributed by atoms with Crippen LogP contribution in [0.3, 0.4) is 0 Å². The molecule has 1 aromatic rings. The fraction of sp³-hybridized carbons (Fsp3) is 0.500. The maximum absolute atomic E-state index is 10.8. The summed E-state index contributed by atoms with van der Waals surface area (Å²) >= 11 is 0. The summed E-state index contributed by atoms with van der Waals surface area (Å²) in [5, 5.41) is 10.6. The van der Waals surface area contributed by atoms with Gasteiger partial charge in [0.25, 0.3) is 0 Å². The van der Waals surface area contributed by atoms with Crippen molar-refractivity contribution in [3.8, 4) is 5.75 Å². The van der Waals surface area contributed by atoms with E-state index < -0.39 is 0 Å². The van der Waals surface area contributed by atoms with Gasteiger partial charge in [-0.15, -0.1) is 0 Å². The van der Waals surface area contributed by atoms with Crippen LogP contribution in [0.1, 0.15) is 58.2 Å². The number of carbonyl (C=O) groups excluding carboxylic acids is 1. The molecule has 0 spiro atoms. The van der Waals surface area contributed by atoms with E-state index in [0.717, 1.165) is 23.0 Å². The molecule has 0 amide bonds. The third-order valence-corrected chi connectivity index (χ3v) is 3.38. The summed E-state index contributed by atoms with van der Waals surface area (Å²) in [4.78, 5) is 10.8. The van der Waals surface area contributed by atoms with Gasteiger partial charge in [0.05, 0.1) is 0 Å². The molecule has 0 fully saturated rings. The van der Waals surface area contributed by atoms with Crippen LogP contribution in [0.15, 0.2) is 24.3 Å². The molecule has 0 aromatic heterocycles. The summed E-state index contributed by atoms with van der Waals surface area (Å²) in [7, 11) is 0. The van der Waals surface area contributed by atoms with Crippen LogP contribution in [0.4, 0.5) is 0 Å². The molecular weight excluding hydrogens is 248 g/mol. The second kappa shape index (κ2) is 5.43. The largest absolute Gasteiger partial charge is 0.507 e. The smallest absolute Gasteiger partial charge is 0.145 e. The van der Waals surface area contributed by atoms with Crippen LogP contribution in [0, 0.1) is 0 Å². The van der Waals surface area contributed by atoms with Gasteiger partial charge in [0.1, 0.15) is 12.0 Å². The van der Waals surface area contributed by atoms with E-state index in [-0.39, 0.29) is 10.8 Å². The Bertz CT molecular complexity index is 490. The Morgan fingerprint density at radius 1 is 1.10 bits per heavy atom. The minimum absolute atomic E-state index is 0.150. The van der Waals surface area contributed by atoms with Crippen LogP contribution in [-0.2, 0) is 22.0 Å². The van der Waals surface area contributed by atoms with Crippen molar-refractivity contribution in [1.29, 1.82) is 0 Å². The lowest BCUT2D eigenvalue weighted by Gasteiger charge is -2.28. The first-order valence-electron chi connectivity index (χ1n) is 6.96. The van der Waals surface area contributed by atoms with Crippen molar-refractivity contribution >= 4 is 6.29 Å². The maximum Gasteiger partial charge on any atom is 0.145 e. The Balaban J connectivity index is 3.50. The Kier molecular flexibility index (Phi) is 4.48. The number of phenolic OH excluding ortho intramolecular Hbond substituents is 1. The molecule has 0 bridgehead atoms. The van der Waals surface area contributed by atoms with Crippen LogP contribution >= 0.6 is 0 Å². The summed E-state index contributed by atoms with van der Waals surface area (Å²) in [5.74, 6) is 0.366. The summed E-state index contributed by atoms with van der Waals surface area (Å²) in [5.41, 5.74) is 3.10. The zero-order chi connectivity index (χ0) is 15.7. The van der Waals surface area contributed by atoms with Gasteiger partial charge in [0.2, 0.25) is 0 Å². The van der Waals surface area contributed by atoms with E-state index in [2.05, 4.69) is 48.1 Å². The van der Waals surface area contributed by atoms with E-state index in [1.54, 1.807) is 0 Å². The Morgan fingerprint density at radius 3 is 1.80 bits per heavy atom. The molecule has 2 nitrogen and oxygen atoms in total. The van der Waals surface area contributed by atoms with Gasteiger partial charge >= 0.3 is 0 Å².